The number of benzene rings is 1. The second-order valence-corrected chi connectivity index (χ2v) is 3.97. The third kappa shape index (κ3) is 3.26. The number of hydrogen-bond donors (Lipinski definition) is 1. The van der Waals surface area contributed by atoms with Gasteiger partial charge in [-0.25, -0.2) is 4.79 Å². The van der Waals surface area contributed by atoms with Crippen LogP contribution in [0.5, 0.6) is 5.75 Å². The second-order valence-electron chi connectivity index (χ2n) is 3.97. The average molecular weight is 258 g/mol. The van der Waals surface area contributed by atoms with Crippen molar-refractivity contribution < 1.29 is 28.2 Å². The average Bonchev–Trinajstić information content (AvgIpc) is 2.28. The number of halogens is 2. The number of carbonyl (C=O) groups excluding carboxylic acids is 1. The van der Waals surface area contributed by atoms with E-state index in [1.54, 1.807) is 13.8 Å². The van der Waals surface area contributed by atoms with E-state index in [0.29, 0.717) is 5.56 Å². The quantitative estimate of drug-likeness (QED) is 0.824. The van der Waals surface area contributed by atoms with Crippen LogP contribution in [0.4, 0.5) is 8.78 Å². The molecule has 0 saturated carbocycles. The molecule has 0 atom stereocenters. The van der Waals surface area contributed by atoms with Crippen molar-refractivity contribution in [3.8, 4) is 5.75 Å². The highest BCUT2D eigenvalue weighted by Crippen LogP contribution is 2.22. The summed E-state index contributed by atoms with van der Waals surface area (Å²) in [6.45, 7) is 3.43. The molecule has 0 amide bonds. The van der Waals surface area contributed by atoms with Gasteiger partial charge in [-0.3, -0.25) is 4.79 Å². The van der Waals surface area contributed by atoms with E-state index in [4.69, 9.17) is 5.11 Å². The minimum absolute atomic E-state index is 0.133. The highest BCUT2D eigenvalue weighted by atomic mass is 19.3. The van der Waals surface area contributed by atoms with Crippen LogP contribution >= 0.6 is 0 Å². The van der Waals surface area contributed by atoms with Crippen molar-refractivity contribution in [2.24, 2.45) is 5.92 Å². The molecular formula is C12H12F2O4. The number of carboxylic acid groups (broad SMARTS) is 1. The summed E-state index contributed by atoms with van der Waals surface area (Å²) in [6, 6.07) is 4.89. The van der Waals surface area contributed by atoms with Crippen molar-refractivity contribution in [2.45, 2.75) is 20.0 Å². The molecular weight excluding hydrogens is 246 g/mol. The lowest BCUT2D eigenvalue weighted by atomic mass is 10.0. The molecule has 1 aromatic rings. The molecule has 18 heavy (non-hydrogen) atoms. The van der Waals surface area contributed by atoms with E-state index in [-0.39, 0.29) is 17.5 Å². The lowest BCUT2D eigenvalue weighted by Gasteiger charge is -2.13. The van der Waals surface area contributed by atoms with Gasteiger partial charge < -0.3 is 9.84 Å². The van der Waals surface area contributed by atoms with Gasteiger partial charge >= 0.3 is 12.1 Å². The van der Waals surface area contributed by atoms with Gasteiger partial charge in [0.25, 0.3) is 0 Å². The van der Waals surface area contributed by atoms with Gasteiger partial charge in [-0.1, -0.05) is 13.8 Å². The highest BCUT2D eigenvalue weighted by molar-refractivity contribution is 5.97. The van der Waals surface area contributed by atoms with Gasteiger partial charge in [0.2, 0.25) is 0 Å². The Labute approximate surface area is 102 Å². The van der Waals surface area contributed by atoms with Crippen molar-refractivity contribution in [3.05, 3.63) is 29.8 Å². The molecule has 0 heterocycles. The van der Waals surface area contributed by atoms with Gasteiger partial charge in [-0.05, 0) is 24.3 Å². The van der Waals surface area contributed by atoms with Crippen LogP contribution in [0.2, 0.25) is 0 Å². The Hall–Kier alpha value is -1.98. The second kappa shape index (κ2) is 5.12. The summed E-state index contributed by atoms with van der Waals surface area (Å²) in [5.41, 5.74) is 0.357. The molecule has 0 saturated heterocycles. The third-order valence-corrected chi connectivity index (χ3v) is 2.16. The topological polar surface area (TPSA) is 63.6 Å². The first-order valence-corrected chi connectivity index (χ1v) is 5.18. The Morgan fingerprint density at radius 1 is 1.22 bits per heavy atom. The van der Waals surface area contributed by atoms with Crippen molar-refractivity contribution >= 4 is 11.8 Å². The standard InChI is InChI=1S/C12H12F2O4/c1-7(2)10(15)8-3-5-9(6-4-8)18-12(13,14)11(16)17/h3-7H,1-2H3,(H,16,17). The van der Waals surface area contributed by atoms with E-state index < -0.39 is 12.1 Å². The van der Waals surface area contributed by atoms with Crippen LogP contribution in [0.3, 0.4) is 0 Å². The van der Waals surface area contributed by atoms with Crippen LogP contribution in [0, 0.1) is 5.92 Å². The summed E-state index contributed by atoms with van der Waals surface area (Å²) in [5.74, 6) is -3.03. The number of carboxylic acids is 1. The Morgan fingerprint density at radius 3 is 2.11 bits per heavy atom. The highest BCUT2D eigenvalue weighted by Gasteiger charge is 2.42. The zero-order valence-corrected chi connectivity index (χ0v) is 9.81. The maximum absolute atomic E-state index is 12.7. The largest absolute Gasteiger partial charge is 0.501 e. The zero-order valence-electron chi connectivity index (χ0n) is 9.81. The molecule has 0 aliphatic heterocycles. The van der Waals surface area contributed by atoms with Gasteiger partial charge in [0.05, 0.1) is 0 Å². The van der Waals surface area contributed by atoms with Crippen molar-refractivity contribution in [3.63, 3.8) is 0 Å². The number of alkyl halides is 2. The smallest absolute Gasteiger partial charge is 0.474 e. The molecule has 0 bridgehead atoms. The van der Waals surface area contributed by atoms with E-state index in [9.17, 15) is 18.4 Å². The number of aliphatic carboxylic acids is 1. The van der Waals surface area contributed by atoms with E-state index in [1.165, 1.54) is 12.1 Å². The summed E-state index contributed by atoms with van der Waals surface area (Å²) in [6.07, 6.45) is -4.29. The maximum atomic E-state index is 12.7. The molecule has 98 valence electrons. The third-order valence-electron chi connectivity index (χ3n) is 2.16. The molecule has 1 N–H and O–H groups in total. The Bertz CT molecular complexity index is 452. The fraction of sp³-hybridized carbons (Fsp3) is 0.333. The molecule has 0 aliphatic carbocycles. The SMILES string of the molecule is CC(C)C(=O)c1ccc(OC(F)(F)C(=O)O)cc1. The van der Waals surface area contributed by atoms with Crippen LogP contribution in [0.1, 0.15) is 24.2 Å². The van der Waals surface area contributed by atoms with Crippen LogP contribution in [-0.4, -0.2) is 23.0 Å². The molecule has 1 aromatic carbocycles. The number of Topliss-reactive ketones (excluding diaryl/α,β-unsaturated/α-hetero) is 1. The Kier molecular flexibility index (Phi) is 4.00. The molecule has 0 spiro atoms. The normalized spacial score (nSPS) is 11.4. The predicted molar refractivity (Wildman–Crippen MR) is 58.8 cm³/mol. The molecule has 1 rings (SSSR count). The lowest BCUT2D eigenvalue weighted by molar-refractivity contribution is -0.210. The number of ketones is 1. The molecule has 6 heteroatoms. The van der Waals surface area contributed by atoms with Gasteiger partial charge in [0, 0.05) is 11.5 Å². The molecule has 0 unspecified atom stereocenters. The maximum Gasteiger partial charge on any atom is 0.501 e. The number of carbonyl (C=O) groups is 2. The van der Waals surface area contributed by atoms with Gasteiger partial charge in [0.15, 0.2) is 5.78 Å². The Morgan fingerprint density at radius 2 is 1.72 bits per heavy atom. The lowest BCUT2D eigenvalue weighted by Crippen LogP contribution is -2.34. The van der Waals surface area contributed by atoms with E-state index in [2.05, 4.69) is 4.74 Å². The fourth-order valence-corrected chi connectivity index (χ4v) is 1.21. The molecule has 0 fully saturated rings. The first kappa shape index (κ1) is 14.1. The minimum Gasteiger partial charge on any atom is -0.474 e. The van der Waals surface area contributed by atoms with E-state index in [1.807, 2.05) is 0 Å². The van der Waals surface area contributed by atoms with E-state index in [0.717, 1.165) is 12.1 Å². The predicted octanol–water partition coefficient (Wildman–Crippen LogP) is 2.58. The summed E-state index contributed by atoms with van der Waals surface area (Å²) in [4.78, 5) is 21.7. The fourth-order valence-electron chi connectivity index (χ4n) is 1.21. The first-order valence-electron chi connectivity index (χ1n) is 5.18. The van der Waals surface area contributed by atoms with Crippen molar-refractivity contribution in [1.82, 2.24) is 0 Å². The number of ether oxygens (including phenoxy) is 1. The first-order chi connectivity index (χ1) is 8.24. The number of rotatable bonds is 5. The minimum atomic E-state index is -4.29. The molecule has 0 radical (unpaired) electrons. The van der Waals surface area contributed by atoms with Crippen LogP contribution in [0.15, 0.2) is 24.3 Å². The van der Waals surface area contributed by atoms with Crippen LogP contribution in [0.25, 0.3) is 0 Å². The van der Waals surface area contributed by atoms with Crippen LogP contribution < -0.4 is 4.74 Å². The van der Waals surface area contributed by atoms with Gasteiger partial charge in [-0.15, -0.1) is 0 Å². The molecule has 0 aromatic heterocycles. The van der Waals surface area contributed by atoms with E-state index >= 15 is 0 Å². The number of hydrogen-bond acceptors (Lipinski definition) is 3. The molecule has 0 aliphatic rings. The van der Waals surface area contributed by atoms with Crippen molar-refractivity contribution in [2.75, 3.05) is 0 Å². The summed E-state index contributed by atoms with van der Waals surface area (Å²) in [5, 5.41) is 8.19. The van der Waals surface area contributed by atoms with Crippen molar-refractivity contribution in [1.29, 1.82) is 0 Å². The molecule has 4 nitrogen and oxygen atoms in total. The monoisotopic (exact) mass is 258 g/mol. The van der Waals surface area contributed by atoms with Crippen LogP contribution in [-0.2, 0) is 4.79 Å². The zero-order chi connectivity index (χ0) is 13.9. The summed E-state index contributed by atoms with van der Waals surface area (Å²) in [7, 11) is 0. The van der Waals surface area contributed by atoms with Gasteiger partial charge in [-0.2, -0.15) is 8.78 Å². The summed E-state index contributed by atoms with van der Waals surface area (Å²) >= 11 is 0. The Balaban J connectivity index is 2.84. The summed E-state index contributed by atoms with van der Waals surface area (Å²) < 4.78 is 29.5. The van der Waals surface area contributed by atoms with Gasteiger partial charge in [0.1, 0.15) is 5.75 Å².